The maximum absolute atomic E-state index is 6.12. The first-order valence-corrected chi connectivity index (χ1v) is 7.50. The number of rotatable bonds is 3. The number of nitrogens with one attached hydrogen (secondary N) is 1. The summed E-state index contributed by atoms with van der Waals surface area (Å²) in [6.45, 7) is 9.43. The van der Waals surface area contributed by atoms with E-state index in [0.29, 0.717) is 16.7 Å². The van der Waals surface area contributed by atoms with E-state index in [-0.39, 0.29) is 5.60 Å². The molecule has 0 unspecified atom stereocenters. The van der Waals surface area contributed by atoms with Gasteiger partial charge in [-0.3, -0.25) is 0 Å². The molecule has 0 aliphatic heterocycles. The normalized spacial score (nSPS) is 21.3. The topological polar surface area (TPSA) is 37.9 Å². The molecule has 0 bridgehead atoms. The first-order valence-electron chi connectivity index (χ1n) is 7.09. The fourth-order valence-electron chi connectivity index (χ4n) is 2.85. The van der Waals surface area contributed by atoms with E-state index < -0.39 is 0 Å². The number of hydrogen-bond donors (Lipinski definition) is 1. The summed E-state index contributed by atoms with van der Waals surface area (Å²) in [6, 6.07) is 1.89. The average molecular weight is 280 g/mol. The highest BCUT2D eigenvalue weighted by molar-refractivity contribution is 7.71. The van der Waals surface area contributed by atoms with Crippen LogP contribution in [0.25, 0.3) is 0 Å². The Morgan fingerprint density at radius 1 is 1.32 bits per heavy atom. The summed E-state index contributed by atoms with van der Waals surface area (Å²) >= 11 is 5.25. The molecule has 19 heavy (non-hydrogen) atoms. The molecule has 0 saturated heterocycles. The number of hydrogen-bond acceptors (Lipinski definition) is 3. The molecule has 0 atom stereocenters. The third-order valence-corrected chi connectivity index (χ3v) is 4.35. The largest absolute Gasteiger partial charge is 0.367 e. The predicted molar refractivity (Wildman–Crippen MR) is 79.7 cm³/mol. The van der Waals surface area contributed by atoms with Gasteiger partial charge in [-0.1, -0.05) is 26.1 Å². The SMILES string of the molecule is CCOC1(c2nc(=S)cc(C)[nH]2)CCC(C)(C)CC1. The van der Waals surface area contributed by atoms with Crippen LogP contribution in [0.1, 0.15) is 58.0 Å². The molecule has 0 spiro atoms. The molecule has 1 N–H and O–H groups in total. The third-order valence-electron chi connectivity index (χ3n) is 4.14. The van der Waals surface area contributed by atoms with Crippen LogP contribution in [0.15, 0.2) is 6.07 Å². The van der Waals surface area contributed by atoms with Gasteiger partial charge in [-0.2, -0.15) is 0 Å². The van der Waals surface area contributed by atoms with Gasteiger partial charge in [0.2, 0.25) is 0 Å². The molecule has 0 radical (unpaired) electrons. The maximum Gasteiger partial charge on any atom is 0.140 e. The highest BCUT2D eigenvalue weighted by Gasteiger charge is 2.42. The minimum absolute atomic E-state index is 0.274. The van der Waals surface area contributed by atoms with Crippen molar-refractivity contribution < 1.29 is 4.74 Å². The van der Waals surface area contributed by atoms with Crippen LogP contribution < -0.4 is 0 Å². The molecule has 1 aromatic heterocycles. The number of H-pyrrole nitrogens is 1. The Labute approximate surface area is 120 Å². The van der Waals surface area contributed by atoms with Crippen LogP contribution in [-0.4, -0.2) is 16.6 Å². The molecule has 1 aromatic rings. The van der Waals surface area contributed by atoms with Crippen molar-refractivity contribution >= 4 is 12.2 Å². The highest BCUT2D eigenvalue weighted by Crippen LogP contribution is 2.46. The van der Waals surface area contributed by atoms with Crippen molar-refractivity contribution in [1.82, 2.24) is 9.97 Å². The summed E-state index contributed by atoms with van der Waals surface area (Å²) in [4.78, 5) is 7.90. The smallest absolute Gasteiger partial charge is 0.140 e. The highest BCUT2D eigenvalue weighted by atomic mass is 32.1. The van der Waals surface area contributed by atoms with Crippen molar-refractivity contribution in [1.29, 1.82) is 0 Å². The van der Waals surface area contributed by atoms with Gasteiger partial charge in [0.1, 0.15) is 16.1 Å². The van der Waals surface area contributed by atoms with Gasteiger partial charge in [0.15, 0.2) is 0 Å². The molecule has 0 amide bonds. The second-order valence-corrected chi connectivity index (χ2v) is 6.76. The van der Waals surface area contributed by atoms with E-state index in [9.17, 15) is 0 Å². The van der Waals surface area contributed by atoms with Crippen LogP contribution in [0, 0.1) is 17.0 Å². The molecular weight excluding hydrogens is 256 g/mol. The molecule has 1 heterocycles. The number of aromatic amines is 1. The minimum atomic E-state index is -0.274. The molecule has 4 heteroatoms. The summed E-state index contributed by atoms with van der Waals surface area (Å²) in [5.41, 5.74) is 1.18. The Morgan fingerprint density at radius 3 is 2.47 bits per heavy atom. The number of ether oxygens (including phenoxy) is 1. The summed E-state index contributed by atoms with van der Waals surface area (Å²) in [5, 5.41) is 0. The Kier molecular flexibility index (Phi) is 4.11. The van der Waals surface area contributed by atoms with Crippen LogP contribution in [0.2, 0.25) is 0 Å². The molecule has 106 valence electrons. The van der Waals surface area contributed by atoms with E-state index in [0.717, 1.165) is 37.2 Å². The zero-order valence-electron chi connectivity index (χ0n) is 12.4. The summed E-state index contributed by atoms with van der Waals surface area (Å²) in [7, 11) is 0. The first-order chi connectivity index (χ1) is 8.87. The zero-order valence-corrected chi connectivity index (χ0v) is 13.2. The lowest BCUT2D eigenvalue weighted by molar-refractivity contribution is -0.0949. The summed E-state index contributed by atoms with van der Waals surface area (Å²) in [6.07, 6.45) is 4.33. The number of nitrogens with zero attached hydrogens (tertiary/aromatic N) is 1. The molecule has 3 nitrogen and oxygen atoms in total. The fraction of sp³-hybridized carbons (Fsp3) is 0.733. The lowest BCUT2D eigenvalue weighted by atomic mass is 9.70. The Hall–Kier alpha value is -0.740. The number of aryl methyl sites for hydroxylation is 1. The van der Waals surface area contributed by atoms with Crippen LogP contribution in [0.3, 0.4) is 0 Å². The van der Waals surface area contributed by atoms with Crippen LogP contribution in [-0.2, 0) is 10.3 Å². The Morgan fingerprint density at radius 2 is 1.95 bits per heavy atom. The average Bonchev–Trinajstić information content (AvgIpc) is 2.31. The van der Waals surface area contributed by atoms with Crippen molar-refractivity contribution in [2.75, 3.05) is 6.61 Å². The van der Waals surface area contributed by atoms with Crippen molar-refractivity contribution in [2.24, 2.45) is 5.41 Å². The monoisotopic (exact) mass is 280 g/mol. The second kappa shape index (κ2) is 5.33. The van der Waals surface area contributed by atoms with E-state index in [1.165, 1.54) is 0 Å². The van der Waals surface area contributed by atoms with Gasteiger partial charge in [-0.05, 0) is 51.0 Å². The predicted octanol–water partition coefficient (Wildman–Crippen LogP) is 4.28. The fourth-order valence-corrected chi connectivity index (χ4v) is 3.12. The van der Waals surface area contributed by atoms with Gasteiger partial charge in [-0.15, -0.1) is 0 Å². The third kappa shape index (κ3) is 3.23. The summed E-state index contributed by atoms with van der Waals surface area (Å²) < 4.78 is 6.77. The zero-order chi connectivity index (χ0) is 14.1. The van der Waals surface area contributed by atoms with Gasteiger partial charge in [0.25, 0.3) is 0 Å². The first kappa shape index (κ1) is 14.7. The van der Waals surface area contributed by atoms with E-state index in [1.54, 1.807) is 0 Å². The Bertz CT molecular complexity index is 497. The molecule has 0 aromatic carbocycles. The van der Waals surface area contributed by atoms with Crippen molar-refractivity contribution in [3.05, 3.63) is 22.2 Å². The van der Waals surface area contributed by atoms with Crippen LogP contribution in [0.5, 0.6) is 0 Å². The molecule has 1 fully saturated rings. The summed E-state index contributed by atoms with van der Waals surface area (Å²) in [5.74, 6) is 0.912. The van der Waals surface area contributed by atoms with E-state index in [1.807, 2.05) is 19.9 Å². The molecule has 1 saturated carbocycles. The van der Waals surface area contributed by atoms with Gasteiger partial charge in [-0.25, -0.2) is 4.98 Å². The quantitative estimate of drug-likeness (QED) is 0.840. The molecule has 1 aliphatic carbocycles. The molecule has 1 aliphatic rings. The van der Waals surface area contributed by atoms with E-state index >= 15 is 0 Å². The van der Waals surface area contributed by atoms with Gasteiger partial charge in [0.05, 0.1) is 0 Å². The van der Waals surface area contributed by atoms with Gasteiger partial charge >= 0.3 is 0 Å². The van der Waals surface area contributed by atoms with E-state index in [2.05, 4.69) is 23.8 Å². The number of aromatic nitrogens is 2. The van der Waals surface area contributed by atoms with Crippen molar-refractivity contribution in [3.63, 3.8) is 0 Å². The van der Waals surface area contributed by atoms with Crippen molar-refractivity contribution in [3.8, 4) is 0 Å². The van der Waals surface area contributed by atoms with E-state index in [4.69, 9.17) is 17.0 Å². The second-order valence-electron chi connectivity index (χ2n) is 6.34. The lowest BCUT2D eigenvalue weighted by Crippen LogP contribution is -2.39. The van der Waals surface area contributed by atoms with Crippen molar-refractivity contribution in [2.45, 2.75) is 59.0 Å². The van der Waals surface area contributed by atoms with Gasteiger partial charge < -0.3 is 9.72 Å². The molecular formula is C15H24N2OS. The minimum Gasteiger partial charge on any atom is -0.367 e. The standard InChI is InChI=1S/C15H24N2OS/c1-5-18-15(8-6-14(3,4)7-9-15)13-16-11(2)10-12(19)17-13/h10H,5-9H2,1-4H3,(H,16,17,19). The lowest BCUT2D eigenvalue weighted by Gasteiger charge is -2.42. The van der Waals surface area contributed by atoms with Crippen LogP contribution >= 0.6 is 12.2 Å². The molecule has 2 rings (SSSR count). The Balaban J connectivity index is 2.37. The van der Waals surface area contributed by atoms with Crippen LogP contribution in [0.4, 0.5) is 0 Å². The maximum atomic E-state index is 6.12. The van der Waals surface area contributed by atoms with Gasteiger partial charge in [0, 0.05) is 12.3 Å².